The van der Waals surface area contributed by atoms with Gasteiger partial charge in [-0.1, -0.05) is 19.9 Å². The second kappa shape index (κ2) is 3.20. The summed E-state index contributed by atoms with van der Waals surface area (Å²) in [6.45, 7) is 10.5. The minimum absolute atomic E-state index is 0.139. The van der Waals surface area contributed by atoms with Gasteiger partial charge in [-0.25, -0.2) is 0 Å². The molecule has 0 fully saturated rings. The molecule has 0 aromatic rings. The van der Waals surface area contributed by atoms with Gasteiger partial charge in [-0.05, 0) is 26.9 Å². The second-order valence-electron chi connectivity index (χ2n) is 3.48. The number of hydrogen-bond acceptors (Lipinski definition) is 1. The SMILES string of the molecule is C=CC(C)(C(C)C)N(C)C. The van der Waals surface area contributed by atoms with Crippen molar-refractivity contribution in [2.24, 2.45) is 5.92 Å². The molecule has 10 heavy (non-hydrogen) atoms. The van der Waals surface area contributed by atoms with Crippen molar-refractivity contribution in [3.63, 3.8) is 0 Å². The lowest BCUT2D eigenvalue weighted by molar-refractivity contribution is 0.168. The third kappa shape index (κ3) is 1.60. The number of nitrogens with zero attached hydrogens (tertiary/aromatic N) is 1. The van der Waals surface area contributed by atoms with Crippen LogP contribution in [0.1, 0.15) is 20.8 Å². The standard InChI is InChI=1S/C9H19N/c1-7-9(4,8(2)3)10(5)6/h7-8H,1H2,2-6H3. The zero-order valence-corrected chi connectivity index (χ0v) is 7.81. The maximum Gasteiger partial charge on any atom is 0.0377 e. The van der Waals surface area contributed by atoms with Gasteiger partial charge in [0, 0.05) is 5.54 Å². The van der Waals surface area contributed by atoms with Gasteiger partial charge < -0.3 is 4.90 Å². The fraction of sp³-hybridized carbons (Fsp3) is 0.778. The Morgan fingerprint density at radius 3 is 1.80 bits per heavy atom. The van der Waals surface area contributed by atoms with Crippen molar-refractivity contribution in [1.29, 1.82) is 0 Å². The van der Waals surface area contributed by atoms with Crippen molar-refractivity contribution in [1.82, 2.24) is 4.90 Å². The highest BCUT2D eigenvalue weighted by atomic mass is 15.1. The van der Waals surface area contributed by atoms with E-state index in [1.54, 1.807) is 0 Å². The lowest BCUT2D eigenvalue weighted by Gasteiger charge is -2.37. The fourth-order valence-corrected chi connectivity index (χ4v) is 0.935. The molecule has 0 amide bonds. The molecule has 1 atom stereocenters. The van der Waals surface area contributed by atoms with E-state index < -0.39 is 0 Å². The first kappa shape index (κ1) is 9.70. The van der Waals surface area contributed by atoms with Gasteiger partial charge in [-0.2, -0.15) is 0 Å². The fourth-order valence-electron chi connectivity index (χ4n) is 0.935. The molecule has 0 saturated heterocycles. The van der Waals surface area contributed by atoms with Gasteiger partial charge in [0.2, 0.25) is 0 Å². The van der Waals surface area contributed by atoms with Crippen LogP contribution in [-0.4, -0.2) is 24.5 Å². The van der Waals surface area contributed by atoms with Crippen LogP contribution in [0.5, 0.6) is 0 Å². The summed E-state index contributed by atoms with van der Waals surface area (Å²) in [5, 5.41) is 0. The summed E-state index contributed by atoms with van der Waals surface area (Å²) < 4.78 is 0. The van der Waals surface area contributed by atoms with Crippen LogP contribution in [0.3, 0.4) is 0 Å². The van der Waals surface area contributed by atoms with Crippen LogP contribution >= 0.6 is 0 Å². The third-order valence-corrected chi connectivity index (χ3v) is 2.55. The Balaban J connectivity index is 4.38. The van der Waals surface area contributed by atoms with Crippen molar-refractivity contribution in [3.8, 4) is 0 Å². The minimum atomic E-state index is 0.139. The molecule has 0 heterocycles. The Kier molecular flexibility index (Phi) is 3.10. The molecular formula is C9H19N. The molecule has 0 bridgehead atoms. The van der Waals surface area contributed by atoms with E-state index in [4.69, 9.17) is 0 Å². The number of rotatable bonds is 3. The van der Waals surface area contributed by atoms with E-state index in [1.165, 1.54) is 0 Å². The van der Waals surface area contributed by atoms with E-state index in [9.17, 15) is 0 Å². The Labute approximate surface area is 64.7 Å². The van der Waals surface area contributed by atoms with E-state index in [0.717, 1.165) is 0 Å². The molecule has 0 saturated carbocycles. The lowest BCUT2D eigenvalue weighted by Crippen LogP contribution is -2.43. The molecule has 0 aliphatic rings. The zero-order valence-electron chi connectivity index (χ0n) is 7.81. The van der Waals surface area contributed by atoms with E-state index in [-0.39, 0.29) is 5.54 Å². The molecule has 0 radical (unpaired) electrons. The molecule has 0 aromatic carbocycles. The topological polar surface area (TPSA) is 3.24 Å². The summed E-state index contributed by atoms with van der Waals surface area (Å²) >= 11 is 0. The van der Waals surface area contributed by atoms with Gasteiger partial charge in [0.15, 0.2) is 0 Å². The van der Waals surface area contributed by atoms with Gasteiger partial charge in [0.25, 0.3) is 0 Å². The first-order valence-electron chi connectivity index (χ1n) is 3.76. The molecule has 0 aromatic heterocycles. The second-order valence-corrected chi connectivity index (χ2v) is 3.48. The minimum Gasteiger partial charge on any atom is -0.300 e. The van der Waals surface area contributed by atoms with Crippen molar-refractivity contribution < 1.29 is 0 Å². The largest absolute Gasteiger partial charge is 0.300 e. The van der Waals surface area contributed by atoms with Crippen molar-refractivity contribution in [3.05, 3.63) is 12.7 Å². The van der Waals surface area contributed by atoms with Crippen LogP contribution in [0.2, 0.25) is 0 Å². The average Bonchev–Trinajstić information content (AvgIpc) is 1.85. The maximum atomic E-state index is 3.83. The van der Waals surface area contributed by atoms with Gasteiger partial charge in [0.1, 0.15) is 0 Å². The first-order chi connectivity index (χ1) is 4.45. The van der Waals surface area contributed by atoms with Crippen LogP contribution in [0, 0.1) is 5.92 Å². The van der Waals surface area contributed by atoms with E-state index >= 15 is 0 Å². The lowest BCUT2D eigenvalue weighted by atomic mass is 9.87. The summed E-state index contributed by atoms with van der Waals surface area (Å²) in [6.07, 6.45) is 2.01. The molecule has 1 unspecified atom stereocenters. The average molecular weight is 141 g/mol. The smallest absolute Gasteiger partial charge is 0.0377 e. The van der Waals surface area contributed by atoms with Crippen LogP contribution in [-0.2, 0) is 0 Å². The Morgan fingerprint density at radius 2 is 1.80 bits per heavy atom. The Bertz CT molecular complexity index is 106. The number of likely N-dealkylation sites (N-methyl/N-ethyl adjacent to an activating group) is 1. The van der Waals surface area contributed by atoms with Gasteiger partial charge >= 0.3 is 0 Å². The Hall–Kier alpha value is -0.300. The highest BCUT2D eigenvalue weighted by molar-refractivity contribution is 5.01. The summed E-state index contributed by atoms with van der Waals surface area (Å²) in [6, 6.07) is 0. The molecule has 1 nitrogen and oxygen atoms in total. The third-order valence-electron chi connectivity index (χ3n) is 2.55. The molecule has 0 N–H and O–H groups in total. The maximum absolute atomic E-state index is 3.83. The molecule has 1 heteroatoms. The number of hydrogen-bond donors (Lipinski definition) is 0. The highest BCUT2D eigenvalue weighted by Gasteiger charge is 2.26. The molecule has 0 spiro atoms. The van der Waals surface area contributed by atoms with E-state index in [1.807, 2.05) is 6.08 Å². The summed E-state index contributed by atoms with van der Waals surface area (Å²) in [7, 11) is 4.17. The van der Waals surface area contributed by atoms with E-state index in [2.05, 4.69) is 46.3 Å². The van der Waals surface area contributed by atoms with Crippen molar-refractivity contribution >= 4 is 0 Å². The predicted molar refractivity (Wildman–Crippen MR) is 47.1 cm³/mol. The van der Waals surface area contributed by atoms with Gasteiger partial charge in [-0.15, -0.1) is 6.58 Å². The molecule has 0 aliphatic carbocycles. The van der Waals surface area contributed by atoms with E-state index in [0.29, 0.717) is 5.92 Å². The zero-order chi connectivity index (χ0) is 8.36. The molecular weight excluding hydrogens is 122 g/mol. The summed E-state index contributed by atoms with van der Waals surface area (Å²) in [5.74, 6) is 0.611. The summed E-state index contributed by atoms with van der Waals surface area (Å²) in [5.41, 5.74) is 0.139. The van der Waals surface area contributed by atoms with Crippen LogP contribution in [0.15, 0.2) is 12.7 Å². The quantitative estimate of drug-likeness (QED) is 0.544. The van der Waals surface area contributed by atoms with Crippen molar-refractivity contribution in [2.75, 3.05) is 14.1 Å². The summed E-state index contributed by atoms with van der Waals surface area (Å²) in [4.78, 5) is 2.20. The molecule has 0 aliphatic heterocycles. The Morgan fingerprint density at radius 1 is 1.40 bits per heavy atom. The van der Waals surface area contributed by atoms with Crippen LogP contribution in [0.4, 0.5) is 0 Å². The monoisotopic (exact) mass is 141 g/mol. The van der Waals surface area contributed by atoms with Gasteiger partial charge in [-0.3, -0.25) is 0 Å². The molecule has 0 rings (SSSR count). The first-order valence-corrected chi connectivity index (χ1v) is 3.76. The van der Waals surface area contributed by atoms with Crippen LogP contribution < -0.4 is 0 Å². The van der Waals surface area contributed by atoms with Crippen molar-refractivity contribution in [2.45, 2.75) is 26.3 Å². The van der Waals surface area contributed by atoms with Gasteiger partial charge in [0.05, 0.1) is 0 Å². The van der Waals surface area contributed by atoms with Crippen LogP contribution in [0.25, 0.3) is 0 Å². The molecule has 60 valence electrons. The highest BCUT2D eigenvalue weighted by Crippen LogP contribution is 2.22. The normalized spacial score (nSPS) is 17.5. The predicted octanol–water partition coefficient (Wildman–Crippen LogP) is 2.15.